The Morgan fingerprint density at radius 2 is 2.00 bits per heavy atom. The summed E-state index contributed by atoms with van der Waals surface area (Å²) in [6, 6.07) is 7.56. The van der Waals surface area contributed by atoms with E-state index in [1.807, 2.05) is 18.2 Å². The molecule has 1 saturated heterocycles. The molecular formula is C17H19FN4O. The van der Waals surface area contributed by atoms with Gasteiger partial charge in [-0.15, -0.1) is 0 Å². The molecular weight excluding hydrogens is 295 g/mol. The van der Waals surface area contributed by atoms with Gasteiger partial charge < -0.3 is 20.3 Å². The van der Waals surface area contributed by atoms with E-state index in [0.29, 0.717) is 6.61 Å². The summed E-state index contributed by atoms with van der Waals surface area (Å²) in [5, 5.41) is 6.62. The topological polar surface area (TPSA) is 49.4 Å². The van der Waals surface area contributed by atoms with Gasteiger partial charge in [0.25, 0.3) is 0 Å². The number of hydrogen-bond acceptors (Lipinski definition) is 5. The average molecular weight is 314 g/mol. The van der Waals surface area contributed by atoms with E-state index in [-0.39, 0.29) is 5.82 Å². The van der Waals surface area contributed by atoms with Crippen molar-refractivity contribution in [1.82, 2.24) is 10.3 Å². The van der Waals surface area contributed by atoms with Crippen LogP contribution in [0.4, 0.5) is 15.8 Å². The molecule has 4 rings (SSSR count). The van der Waals surface area contributed by atoms with Crippen LogP contribution in [0.5, 0.6) is 5.75 Å². The van der Waals surface area contributed by atoms with Gasteiger partial charge in [0.15, 0.2) is 0 Å². The van der Waals surface area contributed by atoms with Gasteiger partial charge in [-0.05, 0) is 12.1 Å². The van der Waals surface area contributed by atoms with Crippen molar-refractivity contribution in [2.45, 2.75) is 0 Å². The van der Waals surface area contributed by atoms with E-state index in [1.165, 1.54) is 6.20 Å². The fraction of sp³-hybridized carbons (Fsp3) is 0.353. The van der Waals surface area contributed by atoms with Crippen LogP contribution in [0.2, 0.25) is 0 Å². The molecule has 2 aromatic rings. The molecule has 120 valence electrons. The van der Waals surface area contributed by atoms with Crippen molar-refractivity contribution in [2.24, 2.45) is 0 Å². The molecule has 0 bridgehead atoms. The molecule has 0 atom stereocenters. The molecule has 23 heavy (non-hydrogen) atoms. The van der Waals surface area contributed by atoms with E-state index in [0.717, 1.165) is 61.1 Å². The highest BCUT2D eigenvalue weighted by Crippen LogP contribution is 2.36. The van der Waals surface area contributed by atoms with Crippen molar-refractivity contribution in [1.29, 1.82) is 0 Å². The molecule has 0 aliphatic carbocycles. The molecule has 0 saturated carbocycles. The molecule has 0 radical (unpaired) electrons. The Morgan fingerprint density at radius 1 is 1.13 bits per heavy atom. The van der Waals surface area contributed by atoms with Gasteiger partial charge in [-0.2, -0.15) is 0 Å². The van der Waals surface area contributed by atoms with Crippen molar-refractivity contribution in [2.75, 3.05) is 49.5 Å². The minimum absolute atomic E-state index is 0.307. The van der Waals surface area contributed by atoms with Crippen molar-refractivity contribution in [3.8, 4) is 17.0 Å². The molecule has 1 fully saturated rings. The smallest absolute Gasteiger partial charge is 0.143 e. The Bertz CT molecular complexity index is 716. The summed E-state index contributed by atoms with van der Waals surface area (Å²) < 4.78 is 19.5. The Labute approximate surface area is 134 Å². The Kier molecular flexibility index (Phi) is 3.75. The zero-order valence-corrected chi connectivity index (χ0v) is 12.8. The van der Waals surface area contributed by atoms with Crippen LogP contribution in [0.15, 0.2) is 30.5 Å². The van der Waals surface area contributed by atoms with Gasteiger partial charge in [-0.25, -0.2) is 4.39 Å². The zero-order chi connectivity index (χ0) is 15.6. The summed E-state index contributed by atoms with van der Waals surface area (Å²) in [6.45, 7) is 4.95. The maximum Gasteiger partial charge on any atom is 0.143 e. The maximum absolute atomic E-state index is 13.8. The van der Waals surface area contributed by atoms with E-state index in [2.05, 4.69) is 20.5 Å². The quantitative estimate of drug-likeness (QED) is 0.889. The largest absolute Gasteiger partial charge is 0.490 e. The Morgan fingerprint density at radius 3 is 2.87 bits per heavy atom. The predicted molar refractivity (Wildman–Crippen MR) is 88.7 cm³/mol. The van der Waals surface area contributed by atoms with Crippen LogP contribution in [-0.2, 0) is 0 Å². The first kappa shape index (κ1) is 14.3. The molecule has 2 aliphatic heterocycles. The van der Waals surface area contributed by atoms with Crippen molar-refractivity contribution >= 4 is 11.4 Å². The van der Waals surface area contributed by atoms with E-state index < -0.39 is 0 Å². The van der Waals surface area contributed by atoms with Gasteiger partial charge in [0, 0.05) is 44.4 Å². The molecule has 1 aromatic carbocycles. The van der Waals surface area contributed by atoms with Gasteiger partial charge >= 0.3 is 0 Å². The fourth-order valence-corrected chi connectivity index (χ4v) is 3.08. The lowest BCUT2D eigenvalue weighted by atomic mass is 10.1. The van der Waals surface area contributed by atoms with Crippen LogP contribution in [0.25, 0.3) is 11.3 Å². The van der Waals surface area contributed by atoms with Crippen LogP contribution in [0.3, 0.4) is 0 Å². The van der Waals surface area contributed by atoms with E-state index in [4.69, 9.17) is 4.74 Å². The number of ether oxygens (including phenoxy) is 1. The molecule has 2 N–H and O–H groups in total. The minimum atomic E-state index is -0.307. The van der Waals surface area contributed by atoms with Crippen molar-refractivity contribution < 1.29 is 9.13 Å². The molecule has 0 unspecified atom stereocenters. The first-order valence-electron chi connectivity index (χ1n) is 7.93. The van der Waals surface area contributed by atoms with E-state index >= 15 is 0 Å². The summed E-state index contributed by atoms with van der Waals surface area (Å²) in [5.41, 5.74) is 3.58. The second kappa shape index (κ2) is 6.04. The fourth-order valence-electron chi connectivity index (χ4n) is 3.08. The maximum atomic E-state index is 13.8. The minimum Gasteiger partial charge on any atom is -0.490 e. The van der Waals surface area contributed by atoms with E-state index in [9.17, 15) is 4.39 Å². The van der Waals surface area contributed by atoms with Crippen LogP contribution < -0.4 is 20.3 Å². The number of halogens is 1. The third-order valence-electron chi connectivity index (χ3n) is 4.22. The molecule has 2 aliphatic rings. The molecule has 5 nitrogen and oxygen atoms in total. The number of piperazine rings is 1. The first-order valence-corrected chi connectivity index (χ1v) is 7.93. The average Bonchev–Trinajstić information content (AvgIpc) is 2.62. The molecule has 3 heterocycles. The van der Waals surface area contributed by atoms with Gasteiger partial charge in [0.1, 0.15) is 18.2 Å². The third-order valence-corrected chi connectivity index (χ3v) is 4.22. The number of nitrogens with zero attached hydrogens (tertiary/aromatic N) is 2. The zero-order valence-electron chi connectivity index (χ0n) is 12.8. The number of rotatable bonds is 2. The predicted octanol–water partition coefficient (Wildman–Crippen LogP) is 2.10. The molecule has 0 spiro atoms. The highest BCUT2D eigenvalue weighted by atomic mass is 19.1. The van der Waals surface area contributed by atoms with Gasteiger partial charge in [-0.3, -0.25) is 4.98 Å². The number of anilines is 2. The third kappa shape index (κ3) is 2.82. The van der Waals surface area contributed by atoms with Crippen LogP contribution in [0.1, 0.15) is 0 Å². The number of nitrogens with one attached hydrogen (secondary N) is 2. The van der Waals surface area contributed by atoms with Crippen molar-refractivity contribution in [3.05, 3.63) is 36.3 Å². The summed E-state index contributed by atoms with van der Waals surface area (Å²) in [4.78, 5) is 6.54. The van der Waals surface area contributed by atoms with Crippen LogP contribution >= 0.6 is 0 Å². The van der Waals surface area contributed by atoms with Gasteiger partial charge in [0.2, 0.25) is 0 Å². The SMILES string of the molecule is Fc1cnc(-c2ccc3c(c2)OCCN3)c(N2CCNCC2)c1. The Hall–Kier alpha value is -2.34. The normalized spacial score (nSPS) is 17.2. The van der Waals surface area contributed by atoms with E-state index in [1.54, 1.807) is 6.07 Å². The molecule has 6 heteroatoms. The molecule has 1 aromatic heterocycles. The second-order valence-corrected chi connectivity index (χ2v) is 5.74. The lowest BCUT2D eigenvalue weighted by molar-refractivity contribution is 0.323. The number of aromatic nitrogens is 1. The number of fused-ring (bicyclic) bond motifs is 1. The van der Waals surface area contributed by atoms with Crippen molar-refractivity contribution in [3.63, 3.8) is 0 Å². The number of pyridine rings is 1. The lowest BCUT2D eigenvalue weighted by Crippen LogP contribution is -2.43. The van der Waals surface area contributed by atoms with Crippen LogP contribution in [0, 0.1) is 5.82 Å². The summed E-state index contributed by atoms with van der Waals surface area (Å²) in [6.07, 6.45) is 1.28. The number of benzene rings is 1. The van der Waals surface area contributed by atoms with Gasteiger partial charge in [0.05, 0.1) is 23.3 Å². The lowest BCUT2D eigenvalue weighted by Gasteiger charge is -2.31. The molecule has 0 amide bonds. The summed E-state index contributed by atoms with van der Waals surface area (Å²) in [5.74, 6) is 0.518. The first-order chi connectivity index (χ1) is 11.3. The van der Waals surface area contributed by atoms with Crippen LogP contribution in [-0.4, -0.2) is 44.3 Å². The Balaban J connectivity index is 1.76. The summed E-state index contributed by atoms with van der Waals surface area (Å²) >= 11 is 0. The second-order valence-electron chi connectivity index (χ2n) is 5.74. The number of hydrogen-bond donors (Lipinski definition) is 2. The summed E-state index contributed by atoms with van der Waals surface area (Å²) in [7, 11) is 0. The van der Waals surface area contributed by atoms with Gasteiger partial charge in [-0.1, -0.05) is 6.07 Å². The standard InChI is InChI=1S/C17H19FN4O/c18-13-10-15(22-6-3-19-4-7-22)17(21-11-13)12-1-2-14-16(9-12)23-8-5-20-14/h1-2,9-11,19-20H,3-8H2. The highest BCUT2D eigenvalue weighted by molar-refractivity contribution is 5.78. The highest BCUT2D eigenvalue weighted by Gasteiger charge is 2.19. The monoisotopic (exact) mass is 314 g/mol.